The Labute approximate surface area is 155 Å². The first-order valence-corrected chi connectivity index (χ1v) is 8.93. The predicted octanol–water partition coefficient (Wildman–Crippen LogP) is 3.77. The highest BCUT2D eigenvalue weighted by Gasteiger charge is 2.14. The Bertz CT molecular complexity index is 827. The summed E-state index contributed by atoms with van der Waals surface area (Å²) in [6.07, 6.45) is 0. The molecule has 0 aliphatic carbocycles. The van der Waals surface area contributed by atoms with Crippen LogP contribution < -0.4 is 5.32 Å². The first kappa shape index (κ1) is 19.9. The molecule has 0 aromatic heterocycles. The molecule has 138 valence electrons. The van der Waals surface area contributed by atoms with Gasteiger partial charge in [-0.3, -0.25) is 9.59 Å². The number of thioether (sulfide) groups is 1. The summed E-state index contributed by atoms with van der Waals surface area (Å²) < 4.78 is 26.1. The lowest BCUT2D eigenvalue weighted by atomic mass is 10.1. The second-order valence-electron chi connectivity index (χ2n) is 5.98. The number of carbonyl (C=O) groups is 2. The van der Waals surface area contributed by atoms with E-state index < -0.39 is 11.6 Å². The summed E-state index contributed by atoms with van der Waals surface area (Å²) in [5.41, 5.74) is 2.68. The zero-order valence-electron chi connectivity index (χ0n) is 14.8. The third kappa shape index (κ3) is 5.56. The fourth-order valence-electron chi connectivity index (χ4n) is 2.19. The smallest absolute Gasteiger partial charge is 0.243 e. The summed E-state index contributed by atoms with van der Waals surface area (Å²) in [7, 11) is 1.52. The summed E-state index contributed by atoms with van der Waals surface area (Å²) in [5.74, 6) is -2.44. The average molecular weight is 378 g/mol. The van der Waals surface area contributed by atoms with Crippen LogP contribution in [0.2, 0.25) is 0 Å². The van der Waals surface area contributed by atoms with Crippen molar-refractivity contribution in [2.45, 2.75) is 18.7 Å². The van der Waals surface area contributed by atoms with Gasteiger partial charge in [0, 0.05) is 17.6 Å². The lowest BCUT2D eigenvalue weighted by molar-refractivity contribution is -0.131. The number of halogens is 2. The maximum atomic E-state index is 13.2. The van der Waals surface area contributed by atoms with Crippen LogP contribution in [0.1, 0.15) is 11.1 Å². The number of hydrogen-bond donors (Lipinski definition) is 1. The standard InChI is InChI=1S/C19H20F2N2O2S/c1-12-4-5-13(2)17(8-12)22-18(24)10-23(3)19(25)11-26-14-6-7-15(20)16(21)9-14/h4-9H,10-11H2,1-3H3,(H,22,24). The molecule has 0 saturated heterocycles. The molecule has 2 aromatic carbocycles. The van der Waals surface area contributed by atoms with Crippen molar-refractivity contribution in [3.63, 3.8) is 0 Å². The maximum Gasteiger partial charge on any atom is 0.243 e. The van der Waals surface area contributed by atoms with Gasteiger partial charge in [0.1, 0.15) is 0 Å². The maximum absolute atomic E-state index is 13.2. The molecule has 4 nitrogen and oxygen atoms in total. The first-order chi connectivity index (χ1) is 12.3. The molecule has 0 heterocycles. The Kier molecular flexibility index (Phi) is 6.74. The molecule has 0 fully saturated rings. The van der Waals surface area contributed by atoms with Crippen molar-refractivity contribution >= 4 is 29.3 Å². The van der Waals surface area contributed by atoms with Gasteiger partial charge in [-0.05, 0) is 49.2 Å². The number of nitrogens with zero attached hydrogens (tertiary/aromatic N) is 1. The molecule has 0 aliphatic heterocycles. The van der Waals surface area contributed by atoms with Gasteiger partial charge in [-0.2, -0.15) is 0 Å². The minimum Gasteiger partial charge on any atom is -0.336 e. The molecule has 7 heteroatoms. The minimum absolute atomic E-state index is 0.0261. The number of nitrogens with one attached hydrogen (secondary N) is 1. The molecule has 0 unspecified atom stereocenters. The van der Waals surface area contributed by atoms with E-state index in [-0.39, 0.29) is 24.1 Å². The Balaban J connectivity index is 1.86. The van der Waals surface area contributed by atoms with Crippen LogP contribution in [0.3, 0.4) is 0 Å². The van der Waals surface area contributed by atoms with Crippen molar-refractivity contribution in [2.24, 2.45) is 0 Å². The number of rotatable bonds is 6. The van der Waals surface area contributed by atoms with E-state index >= 15 is 0 Å². The van der Waals surface area contributed by atoms with Crippen LogP contribution in [0, 0.1) is 25.5 Å². The molecule has 0 saturated carbocycles. The lowest BCUT2D eigenvalue weighted by Gasteiger charge is -2.17. The number of anilines is 1. The summed E-state index contributed by atoms with van der Waals surface area (Å²) in [4.78, 5) is 26.0. The zero-order chi connectivity index (χ0) is 19.3. The Morgan fingerprint density at radius 2 is 1.81 bits per heavy atom. The van der Waals surface area contributed by atoms with E-state index in [4.69, 9.17) is 0 Å². The molecular formula is C19H20F2N2O2S. The van der Waals surface area contributed by atoms with Crippen LogP contribution >= 0.6 is 11.8 Å². The van der Waals surface area contributed by atoms with E-state index in [0.29, 0.717) is 10.6 Å². The van der Waals surface area contributed by atoms with Gasteiger partial charge < -0.3 is 10.2 Å². The molecule has 0 bridgehead atoms. The molecular weight excluding hydrogens is 358 g/mol. The quantitative estimate of drug-likeness (QED) is 0.779. The van der Waals surface area contributed by atoms with Gasteiger partial charge in [-0.15, -0.1) is 11.8 Å². The fraction of sp³-hybridized carbons (Fsp3) is 0.263. The summed E-state index contributed by atoms with van der Waals surface area (Å²) in [5, 5.41) is 2.79. The third-order valence-corrected chi connectivity index (χ3v) is 4.71. The normalized spacial score (nSPS) is 10.5. The monoisotopic (exact) mass is 378 g/mol. The topological polar surface area (TPSA) is 49.4 Å². The van der Waals surface area contributed by atoms with Gasteiger partial charge in [0.15, 0.2) is 11.6 Å². The van der Waals surface area contributed by atoms with Gasteiger partial charge in [0.2, 0.25) is 11.8 Å². The van der Waals surface area contributed by atoms with Crippen molar-refractivity contribution in [3.8, 4) is 0 Å². The molecule has 2 aromatic rings. The van der Waals surface area contributed by atoms with Crippen molar-refractivity contribution < 1.29 is 18.4 Å². The van der Waals surface area contributed by atoms with E-state index in [1.165, 1.54) is 18.0 Å². The van der Waals surface area contributed by atoms with Crippen molar-refractivity contribution in [1.29, 1.82) is 0 Å². The molecule has 0 radical (unpaired) electrons. The molecule has 0 atom stereocenters. The van der Waals surface area contributed by atoms with Crippen LogP contribution in [0.5, 0.6) is 0 Å². The lowest BCUT2D eigenvalue weighted by Crippen LogP contribution is -2.36. The first-order valence-electron chi connectivity index (χ1n) is 7.95. The summed E-state index contributed by atoms with van der Waals surface area (Å²) >= 11 is 1.09. The molecule has 1 N–H and O–H groups in total. The van der Waals surface area contributed by atoms with E-state index in [1.807, 2.05) is 32.0 Å². The second-order valence-corrected chi connectivity index (χ2v) is 7.03. The van der Waals surface area contributed by atoms with Gasteiger partial charge in [-0.25, -0.2) is 8.78 Å². The van der Waals surface area contributed by atoms with Crippen molar-refractivity contribution in [2.75, 3.05) is 24.7 Å². The van der Waals surface area contributed by atoms with E-state index in [9.17, 15) is 18.4 Å². The highest BCUT2D eigenvalue weighted by molar-refractivity contribution is 8.00. The molecule has 2 amide bonds. The molecule has 0 spiro atoms. The summed E-state index contributed by atoms with van der Waals surface area (Å²) in [6.45, 7) is 3.73. The predicted molar refractivity (Wildman–Crippen MR) is 99.3 cm³/mol. The van der Waals surface area contributed by atoms with Gasteiger partial charge >= 0.3 is 0 Å². The van der Waals surface area contributed by atoms with Crippen LogP contribution in [0.4, 0.5) is 14.5 Å². The Morgan fingerprint density at radius 3 is 2.50 bits per heavy atom. The average Bonchev–Trinajstić information content (AvgIpc) is 2.58. The third-order valence-electron chi connectivity index (χ3n) is 3.73. The number of aryl methyl sites for hydroxylation is 2. The minimum atomic E-state index is -0.955. The van der Waals surface area contributed by atoms with E-state index in [0.717, 1.165) is 35.0 Å². The van der Waals surface area contributed by atoms with Crippen LogP contribution in [0.15, 0.2) is 41.3 Å². The fourth-order valence-corrected chi connectivity index (χ4v) is 3.05. The van der Waals surface area contributed by atoms with Crippen molar-refractivity contribution in [3.05, 3.63) is 59.2 Å². The van der Waals surface area contributed by atoms with Crippen LogP contribution in [0.25, 0.3) is 0 Å². The molecule has 2 rings (SSSR count). The SMILES string of the molecule is Cc1ccc(C)c(NC(=O)CN(C)C(=O)CSc2ccc(F)c(F)c2)c1. The van der Waals surface area contributed by atoms with Gasteiger partial charge in [0.05, 0.1) is 12.3 Å². The van der Waals surface area contributed by atoms with E-state index in [2.05, 4.69) is 5.32 Å². The van der Waals surface area contributed by atoms with Crippen LogP contribution in [-0.4, -0.2) is 36.1 Å². The largest absolute Gasteiger partial charge is 0.336 e. The van der Waals surface area contributed by atoms with Crippen molar-refractivity contribution in [1.82, 2.24) is 4.90 Å². The number of hydrogen-bond acceptors (Lipinski definition) is 3. The number of carbonyl (C=O) groups excluding carboxylic acids is 2. The molecule has 0 aliphatic rings. The van der Waals surface area contributed by atoms with E-state index in [1.54, 1.807) is 0 Å². The second kappa shape index (κ2) is 8.80. The number of amides is 2. The number of benzene rings is 2. The molecule has 26 heavy (non-hydrogen) atoms. The zero-order valence-corrected chi connectivity index (χ0v) is 15.6. The Hall–Kier alpha value is -2.41. The number of likely N-dealkylation sites (N-methyl/N-ethyl adjacent to an activating group) is 1. The Morgan fingerprint density at radius 1 is 1.08 bits per heavy atom. The van der Waals surface area contributed by atoms with Crippen LogP contribution in [-0.2, 0) is 9.59 Å². The highest BCUT2D eigenvalue weighted by Crippen LogP contribution is 2.21. The van der Waals surface area contributed by atoms with Gasteiger partial charge in [-0.1, -0.05) is 12.1 Å². The van der Waals surface area contributed by atoms with Gasteiger partial charge in [0.25, 0.3) is 0 Å². The summed E-state index contributed by atoms with van der Waals surface area (Å²) in [6, 6.07) is 9.20. The highest BCUT2D eigenvalue weighted by atomic mass is 32.2.